The SMILES string of the molecule is Clc1ccc(Nc2nccc(-c3ccccn3)n2)nc1. The number of anilines is 2. The van der Waals surface area contributed by atoms with Gasteiger partial charge in [0, 0.05) is 18.6 Å². The van der Waals surface area contributed by atoms with E-state index in [1.807, 2.05) is 24.3 Å². The minimum atomic E-state index is 0.461. The number of halogens is 1. The molecular weight excluding hydrogens is 274 g/mol. The Morgan fingerprint density at radius 1 is 0.850 bits per heavy atom. The van der Waals surface area contributed by atoms with Crippen molar-refractivity contribution in [2.45, 2.75) is 0 Å². The fraction of sp³-hybridized carbons (Fsp3) is 0. The van der Waals surface area contributed by atoms with E-state index in [2.05, 4.69) is 25.3 Å². The summed E-state index contributed by atoms with van der Waals surface area (Å²) in [4.78, 5) is 17.0. The van der Waals surface area contributed by atoms with Gasteiger partial charge in [0.2, 0.25) is 5.95 Å². The van der Waals surface area contributed by atoms with Gasteiger partial charge in [-0.25, -0.2) is 15.0 Å². The second kappa shape index (κ2) is 5.63. The summed E-state index contributed by atoms with van der Waals surface area (Å²) in [5.41, 5.74) is 1.54. The zero-order valence-corrected chi connectivity index (χ0v) is 11.1. The van der Waals surface area contributed by atoms with E-state index in [0.717, 1.165) is 11.4 Å². The van der Waals surface area contributed by atoms with Crippen molar-refractivity contribution in [1.82, 2.24) is 19.9 Å². The summed E-state index contributed by atoms with van der Waals surface area (Å²) in [6, 6.07) is 11.0. The molecule has 1 N–H and O–H groups in total. The summed E-state index contributed by atoms with van der Waals surface area (Å²) in [6.07, 6.45) is 4.97. The van der Waals surface area contributed by atoms with Crippen LogP contribution >= 0.6 is 11.6 Å². The molecule has 98 valence electrons. The van der Waals surface area contributed by atoms with Crippen LogP contribution in [-0.4, -0.2) is 19.9 Å². The minimum absolute atomic E-state index is 0.461. The lowest BCUT2D eigenvalue weighted by molar-refractivity contribution is 1.14. The van der Waals surface area contributed by atoms with E-state index < -0.39 is 0 Å². The molecule has 0 aliphatic rings. The van der Waals surface area contributed by atoms with Gasteiger partial charge in [-0.1, -0.05) is 17.7 Å². The van der Waals surface area contributed by atoms with Crippen molar-refractivity contribution in [2.75, 3.05) is 5.32 Å². The summed E-state index contributed by atoms with van der Waals surface area (Å²) in [7, 11) is 0. The van der Waals surface area contributed by atoms with E-state index in [-0.39, 0.29) is 0 Å². The Morgan fingerprint density at radius 3 is 2.55 bits per heavy atom. The maximum Gasteiger partial charge on any atom is 0.228 e. The van der Waals surface area contributed by atoms with Gasteiger partial charge in [0.1, 0.15) is 5.82 Å². The molecule has 0 saturated carbocycles. The number of rotatable bonds is 3. The molecule has 0 aliphatic carbocycles. The minimum Gasteiger partial charge on any atom is -0.309 e. The summed E-state index contributed by atoms with van der Waals surface area (Å²) in [5.74, 6) is 1.09. The molecule has 20 heavy (non-hydrogen) atoms. The quantitative estimate of drug-likeness (QED) is 0.799. The zero-order valence-electron chi connectivity index (χ0n) is 10.4. The van der Waals surface area contributed by atoms with Crippen molar-refractivity contribution in [3.63, 3.8) is 0 Å². The maximum atomic E-state index is 5.79. The third kappa shape index (κ3) is 2.89. The smallest absolute Gasteiger partial charge is 0.228 e. The van der Waals surface area contributed by atoms with Gasteiger partial charge in [-0.3, -0.25) is 4.98 Å². The Hall–Kier alpha value is -2.53. The second-order valence-corrected chi connectivity index (χ2v) is 4.40. The molecule has 0 amide bonds. The average Bonchev–Trinajstić information content (AvgIpc) is 2.51. The lowest BCUT2D eigenvalue weighted by Crippen LogP contribution is -1.99. The van der Waals surface area contributed by atoms with Crippen LogP contribution in [0.15, 0.2) is 55.0 Å². The van der Waals surface area contributed by atoms with Gasteiger partial charge >= 0.3 is 0 Å². The van der Waals surface area contributed by atoms with E-state index in [0.29, 0.717) is 16.8 Å². The van der Waals surface area contributed by atoms with Gasteiger partial charge in [-0.15, -0.1) is 0 Å². The largest absolute Gasteiger partial charge is 0.309 e. The van der Waals surface area contributed by atoms with Crippen molar-refractivity contribution in [3.8, 4) is 11.4 Å². The zero-order chi connectivity index (χ0) is 13.8. The number of aromatic nitrogens is 4. The molecule has 6 heteroatoms. The normalized spacial score (nSPS) is 10.2. The molecule has 0 radical (unpaired) electrons. The first-order valence-electron chi connectivity index (χ1n) is 5.94. The van der Waals surface area contributed by atoms with Crippen LogP contribution in [0.3, 0.4) is 0 Å². The van der Waals surface area contributed by atoms with Crippen LogP contribution in [0.25, 0.3) is 11.4 Å². The summed E-state index contributed by atoms with van der Waals surface area (Å²) in [5, 5.41) is 3.60. The summed E-state index contributed by atoms with van der Waals surface area (Å²) < 4.78 is 0. The van der Waals surface area contributed by atoms with Crippen LogP contribution in [-0.2, 0) is 0 Å². The highest BCUT2D eigenvalue weighted by Gasteiger charge is 2.03. The van der Waals surface area contributed by atoms with Gasteiger partial charge in [0.25, 0.3) is 0 Å². The van der Waals surface area contributed by atoms with Gasteiger partial charge in [0.15, 0.2) is 0 Å². The summed E-state index contributed by atoms with van der Waals surface area (Å²) >= 11 is 5.79. The Bertz CT molecular complexity index is 700. The van der Waals surface area contributed by atoms with Crippen LogP contribution in [0.4, 0.5) is 11.8 Å². The lowest BCUT2D eigenvalue weighted by atomic mass is 10.3. The first-order chi connectivity index (χ1) is 9.81. The molecule has 0 atom stereocenters. The van der Waals surface area contributed by atoms with Gasteiger partial charge < -0.3 is 5.32 Å². The van der Waals surface area contributed by atoms with Crippen LogP contribution in [0, 0.1) is 0 Å². The third-order valence-electron chi connectivity index (χ3n) is 2.55. The van der Waals surface area contributed by atoms with Crippen LogP contribution in [0.1, 0.15) is 0 Å². The van der Waals surface area contributed by atoms with Crippen molar-refractivity contribution >= 4 is 23.4 Å². The van der Waals surface area contributed by atoms with Crippen LogP contribution in [0.5, 0.6) is 0 Å². The standard InChI is InChI=1S/C14H10ClN5/c15-10-4-5-13(18-9-10)20-14-17-8-6-12(19-14)11-3-1-2-7-16-11/h1-9H,(H,17,18,19,20). The first kappa shape index (κ1) is 12.5. The highest BCUT2D eigenvalue weighted by atomic mass is 35.5. The number of pyridine rings is 2. The molecular formula is C14H10ClN5. The molecule has 3 heterocycles. The van der Waals surface area contributed by atoms with Crippen molar-refractivity contribution in [2.24, 2.45) is 0 Å². The predicted molar refractivity (Wildman–Crippen MR) is 77.8 cm³/mol. The van der Waals surface area contributed by atoms with E-state index in [4.69, 9.17) is 11.6 Å². The molecule has 3 rings (SSSR count). The molecule has 5 nitrogen and oxygen atoms in total. The van der Waals surface area contributed by atoms with E-state index in [1.54, 1.807) is 30.7 Å². The molecule has 0 fully saturated rings. The number of nitrogens with zero attached hydrogens (tertiary/aromatic N) is 4. The van der Waals surface area contributed by atoms with Crippen molar-refractivity contribution in [3.05, 3.63) is 60.0 Å². The van der Waals surface area contributed by atoms with Gasteiger partial charge in [-0.2, -0.15) is 0 Å². The molecule has 0 aromatic carbocycles. The van der Waals surface area contributed by atoms with Crippen LogP contribution < -0.4 is 5.32 Å². The topological polar surface area (TPSA) is 63.6 Å². The molecule has 0 aliphatic heterocycles. The Kier molecular flexibility index (Phi) is 3.52. The fourth-order valence-corrected chi connectivity index (χ4v) is 1.75. The van der Waals surface area contributed by atoms with Crippen LogP contribution in [0.2, 0.25) is 5.02 Å². The van der Waals surface area contributed by atoms with Gasteiger partial charge in [0.05, 0.1) is 16.4 Å². The predicted octanol–water partition coefficient (Wildman–Crippen LogP) is 3.33. The molecule has 0 bridgehead atoms. The van der Waals surface area contributed by atoms with E-state index in [9.17, 15) is 0 Å². The highest BCUT2D eigenvalue weighted by Crippen LogP contribution is 2.17. The van der Waals surface area contributed by atoms with E-state index >= 15 is 0 Å². The van der Waals surface area contributed by atoms with Gasteiger partial charge in [-0.05, 0) is 30.3 Å². The first-order valence-corrected chi connectivity index (χ1v) is 6.32. The summed E-state index contributed by atoms with van der Waals surface area (Å²) in [6.45, 7) is 0. The Morgan fingerprint density at radius 2 is 1.80 bits per heavy atom. The number of nitrogens with one attached hydrogen (secondary N) is 1. The average molecular weight is 284 g/mol. The number of hydrogen-bond acceptors (Lipinski definition) is 5. The fourth-order valence-electron chi connectivity index (χ4n) is 1.64. The molecule has 3 aromatic rings. The Labute approximate surface area is 120 Å². The maximum absolute atomic E-state index is 5.79. The van der Waals surface area contributed by atoms with E-state index in [1.165, 1.54) is 0 Å². The van der Waals surface area contributed by atoms with Crippen molar-refractivity contribution in [1.29, 1.82) is 0 Å². The monoisotopic (exact) mass is 283 g/mol. The Balaban J connectivity index is 1.86. The number of hydrogen-bond donors (Lipinski definition) is 1. The lowest BCUT2D eigenvalue weighted by Gasteiger charge is -2.05. The van der Waals surface area contributed by atoms with Crippen molar-refractivity contribution < 1.29 is 0 Å². The third-order valence-corrected chi connectivity index (χ3v) is 2.77. The molecule has 0 saturated heterocycles. The molecule has 0 spiro atoms. The highest BCUT2D eigenvalue weighted by molar-refractivity contribution is 6.30. The second-order valence-electron chi connectivity index (χ2n) is 3.97. The molecule has 3 aromatic heterocycles. The molecule has 0 unspecified atom stereocenters.